The van der Waals surface area contributed by atoms with Gasteiger partial charge in [-0.15, -0.1) is 0 Å². The third-order valence-corrected chi connectivity index (χ3v) is 5.31. The van der Waals surface area contributed by atoms with Crippen LogP contribution in [0.15, 0.2) is 36.4 Å². The fourth-order valence-corrected chi connectivity index (χ4v) is 3.65. The molecule has 1 aliphatic rings. The second-order valence-electron chi connectivity index (χ2n) is 5.46. The van der Waals surface area contributed by atoms with Gasteiger partial charge < -0.3 is 0 Å². The lowest BCUT2D eigenvalue weighted by Gasteiger charge is -2.18. The van der Waals surface area contributed by atoms with Gasteiger partial charge in [0.05, 0.1) is 0 Å². The highest BCUT2D eigenvalue weighted by Gasteiger charge is 2.29. The average molecular weight is 337 g/mol. The van der Waals surface area contributed by atoms with E-state index in [-0.39, 0.29) is 22.4 Å². The van der Waals surface area contributed by atoms with E-state index in [1.165, 1.54) is 23.3 Å². The maximum absolute atomic E-state index is 14.1. The molecule has 0 spiro atoms. The summed E-state index contributed by atoms with van der Waals surface area (Å²) < 4.78 is 27.7. The first-order valence-electron chi connectivity index (χ1n) is 6.72. The van der Waals surface area contributed by atoms with Gasteiger partial charge in [0.1, 0.15) is 11.6 Å². The molecule has 0 amide bonds. The highest BCUT2D eigenvalue weighted by Crippen LogP contribution is 2.41. The summed E-state index contributed by atoms with van der Waals surface area (Å²) in [5, 5.41) is 0. The molecule has 0 saturated carbocycles. The molecule has 1 aliphatic carbocycles. The van der Waals surface area contributed by atoms with Crippen LogP contribution in [-0.4, -0.2) is 0 Å². The number of halogens is 3. The van der Waals surface area contributed by atoms with Crippen molar-refractivity contribution in [3.63, 3.8) is 0 Å². The molecule has 0 aromatic heterocycles. The fraction of sp³-hybridized carbons (Fsp3) is 0.294. The van der Waals surface area contributed by atoms with E-state index < -0.39 is 0 Å². The number of fused-ring (bicyclic) bond motifs is 1. The predicted molar refractivity (Wildman–Crippen MR) is 80.1 cm³/mol. The van der Waals surface area contributed by atoms with Crippen molar-refractivity contribution in [2.45, 2.75) is 24.6 Å². The van der Waals surface area contributed by atoms with Gasteiger partial charge in [-0.1, -0.05) is 40.2 Å². The second-order valence-corrected chi connectivity index (χ2v) is 6.45. The van der Waals surface area contributed by atoms with Gasteiger partial charge in [0.25, 0.3) is 0 Å². The van der Waals surface area contributed by atoms with Gasteiger partial charge in [-0.05, 0) is 54.5 Å². The molecule has 0 heterocycles. The van der Waals surface area contributed by atoms with Gasteiger partial charge in [0.2, 0.25) is 0 Å². The minimum atomic E-state index is -0.346. The van der Waals surface area contributed by atoms with Crippen LogP contribution in [0.4, 0.5) is 8.78 Å². The molecule has 2 aromatic rings. The van der Waals surface area contributed by atoms with Crippen molar-refractivity contribution in [2.75, 3.05) is 0 Å². The van der Waals surface area contributed by atoms with Gasteiger partial charge in [0, 0.05) is 10.4 Å². The Hall–Kier alpha value is -1.22. The van der Waals surface area contributed by atoms with E-state index in [1.807, 2.05) is 12.1 Å². The molecule has 0 N–H and O–H groups in total. The topological polar surface area (TPSA) is 0 Å². The Balaban J connectivity index is 1.88. The van der Waals surface area contributed by atoms with Crippen molar-refractivity contribution in [3.05, 3.63) is 70.3 Å². The number of hydrogen-bond donors (Lipinski definition) is 0. The normalized spacial score (nSPS) is 16.2. The minimum Gasteiger partial charge on any atom is -0.207 e. The van der Waals surface area contributed by atoms with Gasteiger partial charge in [0.15, 0.2) is 0 Å². The molecule has 3 rings (SSSR count). The molecule has 0 saturated heterocycles. The molecule has 0 bridgehead atoms. The summed E-state index contributed by atoms with van der Waals surface area (Å²) in [6.45, 7) is 1.58. The van der Waals surface area contributed by atoms with Crippen LogP contribution in [0.1, 0.15) is 27.1 Å². The quantitative estimate of drug-likeness (QED) is 0.667. The van der Waals surface area contributed by atoms with E-state index in [9.17, 15) is 8.78 Å². The van der Waals surface area contributed by atoms with E-state index in [0.29, 0.717) is 11.1 Å². The highest BCUT2D eigenvalue weighted by molar-refractivity contribution is 9.09. The van der Waals surface area contributed by atoms with Crippen LogP contribution < -0.4 is 0 Å². The molecule has 0 radical (unpaired) electrons. The van der Waals surface area contributed by atoms with Gasteiger partial charge in [-0.2, -0.15) is 0 Å². The summed E-state index contributed by atoms with van der Waals surface area (Å²) >= 11 is 3.57. The van der Waals surface area contributed by atoms with Crippen LogP contribution in [0.5, 0.6) is 0 Å². The van der Waals surface area contributed by atoms with E-state index in [0.717, 1.165) is 12.8 Å². The van der Waals surface area contributed by atoms with Crippen LogP contribution >= 0.6 is 15.9 Å². The highest BCUT2D eigenvalue weighted by atomic mass is 79.9. The first kappa shape index (κ1) is 13.7. The maximum atomic E-state index is 14.1. The summed E-state index contributed by atoms with van der Waals surface area (Å²) in [7, 11) is 0. The van der Waals surface area contributed by atoms with Crippen molar-refractivity contribution < 1.29 is 8.78 Å². The number of rotatable bonds is 2. The zero-order chi connectivity index (χ0) is 14.3. The molecular weight excluding hydrogens is 322 g/mol. The van der Waals surface area contributed by atoms with Crippen LogP contribution in [0.25, 0.3) is 0 Å². The predicted octanol–water partition coefficient (Wildman–Crippen LogP) is 5.12. The Labute approximate surface area is 126 Å². The number of hydrogen-bond acceptors (Lipinski definition) is 0. The van der Waals surface area contributed by atoms with E-state index in [4.69, 9.17) is 0 Å². The Morgan fingerprint density at radius 2 is 1.65 bits per heavy atom. The zero-order valence-electron chi connectivity index (χ0n) is 11.2. The average Bonchev–Trinajstić information content (AvgIpc) is 2.86. The van der Waals surface area contributed by atoms with E-state index >= 15 is 0 Å². The molecular formula is C17H15BrF2. The zero-order valence-corrected chi connectivity index (χ0v) is 12.8. The molecule has 0 fully saturated rings. The van der Waals surface area contributed by atoms with Gasteiger partial charge >= 0.3 is 0 Å². The van der Waals surface area contributed by atoms with Gasteiger partial charge in [-0.25, -0.2) is 8.78 Å². The van der Waals surface area contributed by atoms with Crippen LogP contribution in [0, 0.1) is 24.5 Å². The maximum Gasteiger partial charge on any atom is 0.128 e. The third kappa shape index (κ3) is 2.39. The van der Waals surface area contributed by atoms with Crippen molar-refractivity contribution in [3.8, 4) is 0 Å². The third-order valence-electron chi connectivity index (χ3n) is 4.07. The summed E-state index contributed by atoms with van der Waals surface area (Å²) in [6.07, 6.45) is 1.81. The first-order chi connectivity index (χ1) is 9.56. The first-order valence-corrected chi connectivity index (χ1v) is 7.64. The standard InChI is InChI=1S/C17H15BrF2/c1-10-6-16(20)14(9-15(10)19)17(18)13-7-11-4-2-3-5-12(11)8-13/h2-6,9,13,17H,7-8H2,1H3. The molecule has 1 unspecified atom stereocenters. The SMILES string of the molecule is Cc1cc(F)c(C(Br)C2Cc3ccccc3C2)cc1F. The number of aryl methyl sites for hydroxylation is 1. The lowest BCUT2D eigenvalue weighted by Crippen LogP contribution is -2.10. The van der Waals surface area contributed by atoms with Crippen molar-refractivity contribution >= 4 is 15.9 Å². The Morgan fingerprint density at radius 3 is 2.25 bits per heavy atom. The Bertz CT molecular complexity index is 626. The summed E-state index contributed by atoms with van der Waals surface area (Å²) in [4.78, 5) is -0.162. The smallest absolute Gasteiger partial charge is 0.128 e. The molecule has 104 valence electrons. The second kappa shape index (κ2) is 5.28. The largest absolute Gasteiger partial charge is 0.207 e. The molecule has 20 heavy (non-hydrogen) atoms. The summed E-state index contributed by atoms with van der Waals surface area (Å²) in [6, 6.07) is 10.9. The van der Waals surface area contributed by atoms with Crippen LogP contribution in [0.2, 0.25) is 0 Å². The molecule has 0 aliphatic heterocycles. The number of alkyl halides is 1. The lowest BCUT2D eigenvalue weighted by atomic mass is 9.95. The van der Waals surface area contributed by atoms with Crippen LogP contribution in [-0.2, 0) is 12.8 Å². The lowest BCUT2D eigenvalue weighted by molar-refractivity contribution is 0.517. The molecule has 0 nitrogen and oxygen atoms in total. The fourth-order valence-electron chi connectivity index (χ4n) is 2.93. The Kier molecular flexibility index (Phi) is 3.63. The van der Waals surface area contributed by atoms with E-state index in [1.54, 1.807) is 6.92 Å². The number of benzene rings is 2. The van der Waals surface area contributed by atoms with Crippen molar-refractivity contribution in [1.82, 2.24) is 0 Å². The minimum absolute atomic E-state index is 0.162. The van der Waals surface area contributed by atoms with Gasteiger partial charge in [-0.3, -0.25) is 0 Å². The summed E-state index contributed by atoms with van der Waals surface area (Å²) in [5.41, 5.74) is 3.40. The monoisotopic (exact) mass is 336 g/mol. The summed E-state index contributed by atoms with van der Waals surface area (Å²) in [5.74, 6) is -0.410. The Morgan fingerprint density at radius 1 is 1.05 bits per heavy atom. The van der Waals surface area contributed by atoms with E-state index in [2.05, 4.69) is 28.1 Å². The molecule has 3 heteroatoms. The molecule has 1 atom stereocenters. The van der Waals surface area contributed by atoms with Crippen LogP contribution in [0.3, 0.4) is 0 Å². The van der Waals surface area contributed by atoms with Crippen molar-refractivity contribution in [1.29, 1.82) is 0 Å². The molecule has 2 aromatic carbocycles. The van der Waals surface area contributed by atoms with Crippen molar-refractivity contribution in [2.24, 2.45) is 5.92 Å².